The maximum atomic E-state index is 10.5. The minimum atomic E-state index is -0.708. The molecule has 0 atom stereocenters. The van der Waals surface area contributed by atoms with Gasteiger partial charge in [-0.1, -0.05) is 42.5 Å². The highest BCUT2D eigenvalue weighted by Crippen LogP contribution is 2.42. The van der Waals surface area contributed by atoms with Crippen molar-refractivity contribution in [3.05, 3.63) is 48.0 Å². The summed E-state index contributed by atoms with van der Waals surface area (Å²) in [5, 5.41) is 12.8. The highest BCUT2D eigenvalue weighted by atomic mass is 16.3. The Hall–Kier alpha value is -1.38. The van der Waals surface area contributed by atoms with Gasteiger partial charge in [-0.25, -0.2) is 0 Å². The molecule has 82 valence electrons. The molecule has 0 amide bonds. The smallest absolute Gasteiger partial charge is 0.0932 e. The van der Waals surface area contributed by atoms with Gasteiger partial charge in [-0.3, -0.25) is 0 Å². The van der Waals surface area contributed by atoms with Crippen LogP contribution in [0.5, 0.6) is 0 Å². The molecule has 2 nitrogen and oxygen atoms in total. The van der Waals surface area contributed by atoms with E-state index in [1.807, 2.05) is 24.3 Å². The van der Waals surface area contributed by atoms with Crippen molar-refractivity contribution in [1.29, 1.82) is 0 Å². The van der Waals surface area contributed by atoms with Gasteiger partial charge >= 0.3 is 0 Å². The molecule has 2 aromatic rings. The van der Waals surface area contributed by atoms with Crippen molar-refractivity contribution in [3.8, 4) is 0 Å². The molecular weight excluding hydrogens is 198 g/mol. The SMILES string of the molecule is NC1CC(O)(c2cccc3ccccc23)C1. The summed E-state index contributed by atoms with van der Waals surface area (Å²) >= 11 is 0. The van der Waals surface area contributed by atoms with E-state index in [2.05, 4.69) is 18.2 Å². The molecule has 0 unspecified atom stereocenters. The van der Waals surface area contributed by atoms with Crippen molar-refractivity contribution in [2.24, 2.45) is 5.73 Å². The Bertz CT molecular complexity index is 524. The summed E-state index contributed by atoms with van der Waals surface area (Å²) < 4.78 is 0. The van der Waals surface area contributed by atoms with Crippen LogP contribution in [0, 0.1) is 0 Å². The predicted octanol–water partition coefficient (Wildman–Crippen LogP) is 2.15. The van der Waals surface area contributed by atoms with Crippen molar-refractivity contribution >= 4 is 10.8 Å². The Balaban J connectivity index is 2.17. The molecule has 1 fully saturated rings. The van der Waals surface area contributed by atoms with E-state index in [0.29, 0.717) is 12.8 Å². The van der Waals surface area contributed by atoms with Gasteiger partial charge in [0.1, 0.15) is 0 Å². The molecule has 0 radical (unpaired) electrons. The second-order valence-corrected chi connectivity index (χ2v) is 4.73. The Kier molecular flexibility index (Phi) is 2.03. The summed E-state index contributed by atoms with van der Waals surface area (Å²) in [6, 6.07) is 14.4. The first-order valence-electron chi connectivity index (χ1n) is 5.65. The molecule has 0 aromatic heterocycles. The lowest BCUT2D eigenvalue weighted by Crippen LogP contribution is -2.49. The van der Waals surface area contributed by atoms with E-state index in [9.17, 15) is 5.11 Å². The third kappa shape index (κ3) is 1.34. The molecule has 1 aliphatic carbocycles. The first-order chi connectivity index (χ1) is 7.69. The van der Waals surface area contributed by atoms with Crippen molar-refractivity contribution in [2.75, 3.05) is 0 Å². The zero-order valence-corrected chi connectivity index (χ0v) is 9.06. The van der Waals surface area contributed by atoms with Gasteiger partial charge in [0.05, 0.1) is 5.60 Å². The summed E-state index contributed by atoms with van der Waals surface area (Å²) in [5.41, 5.74) is 6.09. The van der Waals surface area contributed by atoms with Gasteiger partial charge in [-0.2, -0.15) is 0 Å². The number of rotatable bonds is 1. The molecule has 1 saturated carbocycles. The van der Waals surface area contributed by atoms with E-state index in [0.717, 1.165) is 10.9 Å². The Morgan fingerprint density at radius 1 is 1.06 bits per heavy atom. The molecular formula is C14H15NO. The summed E-state index contributed by atoms with van der Waals surface area (Å²) in [6.45, 7) is 0. The average molecular weight is 213 g/mol. The molecule has 1 aliphatic rings. The summed E-state index contributed by atoms with van der Waals surface area (Å²) in [6.07, 6.45) is 1.34. The lowest BCUT2D eigenvalue weighted by atomic mass is 9.70. The molecule has 2 heteroatoms. The number of aliphatic hydroxyl groups is 1. The van der Waals surface area contributed by atoms with Crippen LogP contribution in [0.15, 0.2) is 42.5 Å². The molecule has 3 rings (SSSR count). The molecule has 16 heavy (non-hydrogen) atoms. The van der Waals surface area contributed by atoms with Crippen molar-refractivity contribution in [2.45, 2.75) is 24.5 Å². The van der Waals surface area contributed by atoms with E-state index in [-0.39, 0.29) is 6.04 Å². The van der Waals surface area contributed by atoms with E-state index >= 15 is 0 Å². The minimum absolute atomic E-state index is 0.143. The minimum Gasteiger partial charge on any atom is -0.385 e. The van der Waals surface area contributed by atoms with Crippen LogP contribution in [-0.4, -0.2) is 11.1 Å². The van der Waals surface area contributed by atoms with Gasteiger partial charge in [-0.15, -0.1) is 0 Å². The predicted molar refractivity (Wildman–Crippen MR) is 65.1 cm³/mol. The van der Waals surface area contributed by atoms with Crippen LogP contribution in [0.3, 0.4) is 0 Å². The largest absolute Gasteiger partial charge is 0.385 e. The number of benzene rings is 2. The van der Waals surface area contributed by atoms with Crippen LogP contribution in [0.25, 0.3) is 10.8 Å². The standard InChI is InChI=1S/C14H15NO/c15-11-8-14(16,9-11)13-7-3-5-10-4-1-2-6-12(10)13/h1-7,11,16H,8-9,15H2. The lowest BCUT2D eigenvalue weighted by molar-refractivity contribution is -0.0509. The van der Waals surface area contributed by atoms with E-state index in [1.165, 1.54) is 5.39 Å². The maximum absolute atomic E-state index is 10.5. The van der Waals surface area contributed by atoms with Crippen molar-refractivity contribution < 1.29 is 5.11 Å². The van der Waals surface area contributed by atoms with Crippen LogP contribution in [-0.2, 0) is 5.60 Å². The molecule has 0 aliphatic heterocycles. The Morgan fingerprint density at radius 3 is 2.50 bits per heavy atom. The van der Waals surface area contributed by atoms with Crippen molar-refractivity contribution in [3.63, 3.8) is 0 Å². The lowest BCUT2D eigenvalue weighted by Gasteiger charge is -2.42. The number of hydrogen-bond acceptors (Lipinski definition) is 2. The fraction of sp³-hybridized carbons (Fsp3) is 0.286. The van der Waals surface area contributed by atoms with Gasteiger partial charge in [0.15, 0.2) is 0 Å². The van der Waals surface area contributed by atoms with E-state index in [4.69, 9.17) is 5.73 Å². The molecule has 2 aromatic carbocycles. The van der Waals surface area contributed by atoms with Gasteiger partial charge in [0.25, 0.3) is 0 Å². The zero-order chi connectivity index (χ0) is 11.2. The van der Waals surface area contributed by atoms with Crippen LogP contribution in [0.4, 0.5) is 0 Å². The van der Waals surface area contributed by atoms with E-state index < -0.39 is 5.60 Å². The van der Waals surface area contributed by atoms with Crippen molar-refractivity contribution in [1.82, 2.24) is 0 Å². The topological polar surface area (TPSA) is 46.2 Å². The number of fused-ring (bicyclic) bond motifs is 1. The average Bonchev–Trinajstić information content (AvgIpc) is 2.26. The van der Waals surface area contributed by atoms with Gasteiger partial charge in [-0.05, 0) is 29.2 Å². The summed E-state index contributed by atoms with van der Waals surface area (Å²) in [7, 11) is 0. The number of nitrogens with two attached hydrogens (primary N) is 1. The molecule has 3 N–H and O–H groups in total. The van der Waals surface area contributed by atoms with Crippen LogP contribution >= 0.6 is 0 Å². The normalized spacial score (nSPS) is 29.0. The zero-order valence-electron chi connectivity index (χ0n) is 9.06. The Morgan fingerprint density at radius 2 is 1.75 bits per heavy atom. The number of hydrogen-bond donors (Lipinski definition) is 2. The van der Waals surface area contributed by atoms with Gasteiger partial charge in [0.2, 0.25) is 0 Å². The second-order valence-electron chi connectivity index (χ2n) is 4.73. The first kappa shape index (κ1) is 9.82. The highest BCUT2D eigenvalue weighted by molar-refractivity contribution is 5.86. The fourth-order valence-electron chi connectivity index (χ4n) is 2.66. The Labute approximate surface area is 94.7 Å². The quantitative estimate of drug-likeness (QED) is 0.762. The second kappa shape index (κ2) is 3.30. The van der Waals surface area contributed by atoms with Gasteiger partial charge < -0.3 is 10.8 Å². The van der Waals surface area contributed by atoms with E-state index in [1.54, 1.807) is 0 Å². The third-order valence-electron chi connectivity index (χ3n) is 3.49. The fourth-order valence-corrected chi connectivity index (χ4v) is 2.66. The highest BCUT2D eigenvalue weighted by Gasteiger charge is 2.42. The van der Waals surface area contributed by atoms with Crippen LogP contribution < -0.4 is 5.73 Å². The van der Waals surface area contributed by atoms with Crippen LogP contribution in [0.1, 0.15) is 18.4 Å². The maximum Gasteiger partial charge on any atom is 0.0932 e. The third-order valence-corrected chi connectivity index (χ3v) is 3.49. The first-order valence-corrected chi connectivity index (χ1v) is 5.65. The summed E-state index contributed by atoms with van der Waals surface area (Å²) in [4.78, 5) is 0. The monoisotopic (exact) mass is 213 g/mol. The molecule has 0 saturated heterocycles. The molecule has 0 spiro atoms. The molecule has 0 heterocycles. The van der Waals surface area contributed by atoms with Crippen LogP contribution in [0.2, 0.25) is 0 Å². The molecule has 0 bridgehead atoms. The summed E-state index contributed by atoms with van der Waals surface area (Å²) in [5.74, 6) is 0. The van der Waals surface area contributed by atoms with Gasteiger partial charge in [0, 0.05) is 6.04 Å².